The molecule has 4 heteroatoms. The van der Waals surface area contributed by atoms with Crippen LogP contribution in [0.1, 0.15) is 18.9 Å². The van der Waals surface area contributed by atoms with Crippen molar-refractivity contribution >= 4 is 12.0 Å². The summed E-state index contributed by atoms with van der Waals surface area (Å²) in [5, 5.41) is 2.81. The van der Waals surface area contributed by atoms with E-state index in [0.717, 1.165) is 23.5 Å². The summed E-state index contributed by atoms with van der Waals surface area (Å²) in [4.78, 5) is 11.5. The zero-order valence-corrected chi connectivity index (χ0v) is 10.9. The molecule has 100 valence electrons. The van der Waals surface area contributed by atoms with Crippen molar-refractivity contribution in [3.05, 3.63) is 42.0 Å². The molecule has 2 rings (SSSR count). The molecule has 1 N–H and O–H groups in total. The average molecular weight is 259 g/mol. The fraction of sp³-hybridized carbons (Fsp3) is 0.267. The van der Waals surface area contributed by atoms with E-state index >= 15 is 0 Å². The Balaban J connectivity index is 1.86. The first kappa shape index (κ1) is 13.2. The summed E-state index contributed by atoms with van der Waals surface area (Å²) in [5.41, 5.74) is 0.910. The first-order valence-corrected chi connectivity index (χ1v) is 6.26. The predicted molar refractivity (Wildman–Crippen MR) is 74.0 cm³/mol. The Morgan fingerprint density at radius 1 is 1.37 bits per heavy atom. The Kier molecular flexibility index (Phi) is 4.61. The lowest BCUT2D eigenvalue weighted by Crippen LogP contribution is -2.21. The Bertz CT molecular complexity index is 506. The van der Waals surface area contributed by atoms with Crippen molar-refractivity contribution in [2.45, 2.75) is 13.3 Å². The first-order chi connectivity index (χ1) is 9.29. The second-order valence-corrected chi connectivity index (χ2v) is 4.09. The maximum Gasteiger partial charge on any atom is 0.244 e. The minimum atomic E-state index is -0.0952. The molecule has 0 bridgehead atoms. The van der Waals surface area contributed by atoms with Gasteiger partial charge in [0.1, 0.15) is 0 Å². The molecule has 1 aliphatic rings. The van der Waals surface area contributed by atoms with E-state index in [1.54, 1.807) is 6.08 Å². The van der Waals surface area contributed by atoms with Crippen LogP contribution in [0.3, 0.4) is 0 Å². The number of fused-ring (bicyclic) bond motifs is 1. The molecule has 1 aromatic carbocycles. The van der Waals surface area contributed by atoms with E-state index in [0.29, 0.717) is 6.54 Å². The lowest BCUT2D eigenvalue weighted by atomic mass is 10.2. The highest BCUT2D eigenvalue weighted by Gasteiger charge is 2.12. The molecule has 0 saturated heterocycles. The van der Waals surface area contributed by atoms with Crippen LogP contribution in [0.4, 0.5) is 0 Å². The average Bonchev–Trinajstić information content (AvgIpc) is 2.89. The molecule has 0 aromatic heterocycles. The lowest BCUT2D eigenvalue weighted by molar-refractivity contribution is -0.116. The van der Waals surface area contributed by atoms with Gasteiger partial charge in [-0.3, -0.25) is 4.79 Å². The Hall–Kier alpha value is -2.23. The van der Waals surface area contributed by atoms with Gasteiger partial charge in [0, 0.05) is 12.6 Å². The van der Waals surface area contributed by atoms with Crippen LogP contribution in [0, 0.1) is 0 Å². The number of hydrogen-bond donors (Lipinski definition) is 1. The number of rotatable bonds is 5. The SMILES string of the molecule is C/C=C/CCNC(=O)/C=C/c1ccc2c(c1)OCO2. The number of carbonyl (C=O) groups is 1. The number of ether oxygens (including phenoxy) is 2. The third-order valence-electron chi connectivity index (χ3n) is 2.67. The Morgan fingerprint density at radius 2 is 2.21 bits per heavy atom. The van der Waals surface area contributed by atoms with Crippen molar-refractivity contribution in [3.63, 3.8) is 0 Å². The second-order valence-electron chi connectivity index (χ2n) is 4.09. The van der Waals surface area contributed by atoms with Crippen LogP contribution < -0.4 is 14.8 Å². The summed E-state index contributed by atoms with van der Waals surface area (Å²) in [5.74, 6) is 1.37. The third kappa shape index (κ3) is 3.88. The van der Waals surface area contributed by atoms with Crippen LogP contribution >= 0.6 is 0 Å². The lowest BCUT2D eigenvalue weighted by Gasteiger charge is -1.99. The van der Waals surface area contributed by atoms with E-state index in [4.69, 9.17) is 9.47 Å². The van der Waals surface area contributed by atoms with Crippen LogP contribution in [0.15, 0.2) is 36.4 Å². The van der Waals surface area contributed by atoms with Gasteiger partial charge in [0.05, 0.1) is 0 Å². The van der Waals surface area contributed by atoms with Gasteiger partial charge in [0.15, 0.2) is 11.5 Å². The van der Waals surface area contributed by atoms with Gasteiger partial charge in [-0.1, -0.05) is 18.2 Å². The molecule has 1 aliphatic heterocycles. The van der Waals surface area contributed by atoms with E-state index in [1.807, 2.05) is 37.3 Å². The van der Waals surface area contributed by atoms with Crippen molar-refractivity contribution in [2.75, 3.05) is 13.3 Å². The van der Waals surface area contributed by atoms with Gasteiger partial charge in [-0.15, -0.1) is 0 Å². The molecular formula is C15H17NO3. The highest BCUT2D eigenvalue weighted by Crippen LogP contribution is 2.32. The van der Waals surface area contributed by atoms with Crippen molar-refractivity contribution < 1.29 is 14.3 Å². The summed E-state index contributed by atoms with van der Waals surface area (Å²) in [6, 6.07) is 5.58. The van der Waals surface area contributed by atoms with Crippen molar-refractivity contribution in [3.8, 4) is 11.5 Å². The topological polar surface area (TPSA) is 47.6 Å². The smallest absolute Gasteiger partial charge is 0.244 e. The van der Waals surface area contributed by atoms with Crippen LogP contribution in [0.5, 0.6) is 11.5 Å². The largest absolute Gasteiger partial charge is 0.454 e. The van der Waals surface area contributed by atoms with E-state index in [1.165, 1.54) is 6.08 Å². The van der Waals surface area contributed by atoms with E-state index in [9.17, 15) is 4.79 Å². The molecule has 0 radical (unpaired) electrons. The maximum absolute atomic E-state index is 11.5. The Morgan fingerprint density at radius 3 is 3.05 bits per heavy atom. The van der Waals surface area contributed by atoms with Gasteiger partial charge in [-0.2, -0.15) is 0 Å². The van der Waals surface area contributed by atoms with E-state index in [-0.39, 0.29) is 12.7 Å². The van der Waals surface area contributed by atoms with Gasteiger partial charge < -0.3 is 14.8 Å². The van der Waals surface area contributed by atoms with E-state index < -0.39 is 0 Å². The minimum Gasteiger partial charge on any atom is -0.454 e. The van der Waals surface area contributed by atoms with Crippen LogP contribution in [-0.2, 0) is 4.79 Å². The van der Waals surface area contributed by atoms with Gasteiger partial charge in [0.2, 0.25) is 12.7 Å². The van der Waals surface area contributed by atoms with Crippen molar-refractivity contribution in [1.82, 2.24) is 5.32 Å². The van der Waals surface area contributed by atoms with Crippen LogP contribution in [0.25, 0.3) is 6.08 Å². The quantitative estimate of drug-likeness (QED) is 0.502. The number of allylic oxidation sites excluding steroid dienone is 1. The monoisotopic (exact) mass is 259 g/mol. The fourth-order valence-corrected chi connectivity index (χ4v) is 1.69. The molecular weight excluding hydrogens is 242 g/mol. The zero-order chi connectivity index (χ0) is 13.5. The molecule has 0 atom stereocenters. The van der Waals surface area contributed by atoms with Crippen molar-refractivity contribution in [2.24, 2.45) is 0 Å². The number of nitrogens with one attached hydrogen (secondary N) is 1. The summed E-state index contributed by atoms with van der Waals surface area (Å²) in [6.45, 7) is 2.87. The summed E-state index contributed by atoms with van der Waals surface area (Å²) in [7, 11) is 0. The normalized spacial score (nSPS) is 13.3. The number of amides is 1. The molecule has 4 nitrogen and oxygen atoms in total. The van der Waals surface area contributed by atoms with Gasteiger partial charge in [0.25, 0.3) is 0 Å². The Labute approximate surface area is 112 Å². The second kappa shape index (κ2) is 6.64. The summed E-state index contributed by atoms with van der Waals surface area (Å²) >= 11 is 0. The number of hydrogen-bond acceptors (Lipinski definition) is 3. The van der Waals surface area contributed by atoms with Crippen LogP contribution in [0.2, 0.25) is 0 Å². The van der Waals surface area contributed by atoms with Gasteiger partial charge in [-0.05, 0) is 37.1 Å². The fourth-order valence-electron chi connectivity index (χ4n) is 1.69. The third-order valence-corrected chi connectivity index (χ3v) is 2.67. The summed E-state index contributed by atoms with van der Waals surface area (Å²) in [6.07, 6.45) is 8.11. The molecule has 1 heterocycles. The molecule has 1 aromatic rings. The van der Waals surface area contributed by atoms with Gasteiger partial charge in [-0.25, -0.2) is 0 Å². The predicted octanol–water partition coefficient (Wildman–Crippen LogP) is 2.51. The molecule has 0 unspecified atom stereocenters. The molecule has 0 saturated carbocycles. The highest BCUT2D eigenvalue weighted by molar-refractivity contribution is 5.91. The standard InChI is InChI=1S/C15H17NO3/c1-2-3-4-9-16-15(17)8-6-12-5-7-13-14(10-12)19-11-18-13/h2-3,5-8,10H,4,9,11H2,1H3,(H,16,17)/b3-2+,8-6+. The van der Waals surface area contributed by atoms with E-state index in [2.05, 4.69) is 5.32 Å². The van der Waals surface area contributed by atoms with Crippen molar-refractivity contribution in [1.29, 1.82) is 0 Å². The minimum absolute atomic E-state index is 0.0952. The molecule has 0 aliphatic carbocycles. The van der Waals surface area contributed by atoms with Crippen LogP contribution in [-0.4, -0.2) is 19.2 Å². The number of benzene rings is 1. The number of carbonyl (C=O) groups excluding carboxylic acids is 1. The molecule has 0 fully saturated rings. The van der Waals surface area contributed by atoms with Gasteiger partial charge >= 0.3 is 0 Å². The highest BCUT2D eigenvalue weighted by atomic mass is 16.7. The zero-order valence-electron chi connectivity index (χ0n) is 10.9. The molecule has 0 spiro atoms. The first-order valence-electron chi connectivity index (χ1n) is 6.26. The maximum atomic E-state index is 11.5. The summed E-state index contributed by atoms with van der Waals surface area (Å²) < 4.78 is 10.5. The molecule has 19 heavy (non-hydrogen) atoms. The molecule has 1 amide bonds.